The van der Waals surface area contributed by atoms with Crippen molar-refractivity contribution in [2.45, 2.75) is 38.6 Å². The molecule has 0 aromatic heterocycles. The second kappa shape index (κ2) is 8.36. The van der Waals surface area contributed by atoms with Crippen LogP contribution in [-0.4, -0.2) is 17.9 Å². The Labute approximate surface area is 141 Å². The predicted molar refractivity (Wildman–Crippen MR) is 91.6 cm³/mol. The van der Waals surface area contributed by atoms with E-state index in [9.17, 15) is 9.59 Å². The van der Waals surface area contributed by atoms with Gasteiger partial charge in [-0.15, -0.1) is 12.4 Å². The first-order valence-electron chi connectivity index (χ1n) is 7.08. The second-order valence-corrected chi connectivity index (χ2v) is 5.91. The molecule has 1 saturated carbocycles. The molecule has 2 atom stereocenters. The minimum Gasteiger partial charge on any atom is -0.327 e. The lowest BCUT2D eigenvalue weighted by atomic mass is 10.00. The number of carbonyl (C=O) groups excluding carboxylic acids is 2. The summed E-state index contributed by atoms with van der Waals surface area (Å²) in [5.74, 6) is -0.0710. The molecule has 1 aromatic rings. The number of hydrogen-bond acceptors (Lipinski definition) is 3. The third kappa shape index (κ3) is 5.16. The maximum absolute atomic E-state index is 12.1. The highest BCUT2D eigenvalue weighted by Gasteiger charge is 2.26. The minimum atomic E-state index is -0.217. The van der Waals surface area contributed by atoms with Crippen LogP contribution in [-0.2, 0) is 9.59 Å². The predicted octanol–water partition coefficient (Wildman–Crippen LogP) is 3.18. The second-order valence-electron chi connectivity index (χ2n) is 5.48. The van der Waals surface area contributed by atoms with Crippen molar-refractivity contribution in [3.63, 3.8) is 0 Å². The van der Waals surface area contributed by atoms with Crippen molar-refractivity contribution in [3.8, 4) is 0 Å². The van der Waals surface area contributed by atoms with E-state index in [0.29, 0.717) is 22.8 Å². The SMILES string of the molecule is CC(=O)Nc1cc(Cl)ccc1NC(=O)C[C@@H]1CCC[C@H]1N.Cl. The zero-order valence-corrected chi connectivity index (χ0v) is 14.0. The molecule has 0 heterocycles. The molecule has 22 heavy (non-hydrogen) atoms. The van der Waals surface area contributed by atoms with E-state index in [1.54, 1.807) is 18.2 Å². The molecule has 122 valence electrons. The van der Waals surface area contributed by atoms with Crippen LogP contribution in [0.3, 0.4) is 0 Å². The van der Waals surface area contributed by atoms with Crippen LogP contribution < -0.4 is 16.4 Å². The van der Waals surface area contributed by atoms with Crippen LogP contribution in [0.2, 0.25) is 5.02 Å². The maximum Gasteiger partial charge on any atom is 0.224 e. The van der Waals surface area contributed by atoms with Gasteiger partial charge in [0.25, 0.3) is 0 Å². The average molecular weight is 346 g/mol. The normalized spacial score (nSPS) is 20.1. The molecule has 2 rings (SSSR count). The number of amides is 2. The molecule has 7 heteroatoms. The molecule has 0 saturated heterocycles. The molecule has 1 fully saturated rings. The Morgan fingerprint density at radius 3 is 2.59 bits per heavy atom. The summed E-state index contributed by atoms with van der Waals surface area (Å²) < 4.78 is 0. The number of nitrogens with one attached hydrogen (secondary N) is 2. The Bertz CT molecular complexity index is 552. The van der Waals surface area contributed by atoms with Gasteiger partial charge in [-0.3, -0.25) is 9.59 Å². The highest BCUT2D eigenvalue weighted by molar-refractivity contribution is 6.31. The number of halogens is 2. The molecule has 1 aromatic carbocycles. The summed E-state index contributed by atoms with van der Waals surface area (Å²) in [5.41, 5.74) is 7.03. The molecular formula is C15H21Cl2N3O2. The van der Waals surface area contributed by atoms with E-state index >= 15 is 0 Å². The highest BCUT2D eigenvalue weighted by atomic mass is 35.5. The van der Waals surface area contributed by atoms with Gasteiger partial charge in [0.15, 0.2) is 0 Å². The van der Waals surface area contributed by atoms with Gasteiger partial charge in [-0.25, -0.2) is 0 Å². The lowest BCUT2D eigenvalue weighted by Gasteiger charge is -2.16. The quantitative estimate of drug-likeness (QED) is 0.783. The van der Waals surface area contributed by atoms with Crippen LogP contribution in [0.1, 0.15) is 32.6 Å². The highest BCUT2D eigenvalue weighted by Crippen LogP contribution is 2.29. The van der Waals surface area contributed by atoms with Crippen molar-refractivity contribution in [2.75, 3.05) is 10.6 Å². The first kappa shape index (κ1) is 18.7. The van der Waals surface area contributed by atoms with E-state index in [-0.39, 0.29) is 36.2 Å². The summed E-state index contributed by atoms with van der Waals surface area (Å²) in [4.78, 5) is 23.3. The Balaban J connectivity index is 0.00000242. The van der Waals surface area contributed by atoms with Gasteiger partial charge in [-0.1, -0.05) is 18.0 Å². The molecule has 1 aliphatic rings. The number of benzene rings is 1. The minimum absolute atomic E-state index is 0. The fourth-order valence-corrected chi connectivity index (χ4v) is 2.85. The van der Waals surface area contributed by atoms with Crippen LogP contribution >= 0.6 is 24.0 Å². The van der Waals surface area contributed by atoms with Gasteiger partial charge in [0.2, 0.25) is 11.8 Å². The number of rotatable bonds is 4. The van der Waals surface area contributed by atoms with Crippen LogP contribution in [0, 0.1) is 5.92 Å². The first-order valence-corrected chi connectivity index (χ1v) is 7.46. The summed E-state index contributed by atoms with van der Waals surface area (Å²) in [7, 11) is 0. The van der Waals surface area contributed by atoms with Gasteiger partial charge in [0.05, 0.1) is 11.4 Å². The van der Waals surface area contributed by atoms with Crippen LogP contribution in [0.4, 0.5) is 11.4 Å². The van der Waals surface area contributed by atoms with Crippen molar-refractivity contribution in [2.24, 2.45) is 11.7 Å². The zero-order chi connectivity index (χ0) is 15.4. The molecule has 0 spiro atoms. The number of nitrogens with two attached hydrogens (primary N) is 1. The van der Waals surface area contributed by atoms with E-state index in [2.05, 4.69) is 10.6 Å². The summed E-state index contributed by atoms with van der Waals surface area (Å²) in [6, 6.07) is 5.07. The molecule has 0 unspecified atom stereocenters. The number of anilines is 2. The molecular weight excluding hydrogens is 325 g/mol. The fourth-order valence-electron chi connectivity index (χ4n) is 2.68. The Kier molecular flexibility index (Phi) is 7.13. The molecule has 5 nitrogen and oxygen atoms in total. The van der Waals surface area contributed by atoms with Gasteiger partial charge >= 0.3 is 0 Å². The van der Waals surface area contributed by atoms with Crippen molar-refractivity contribution in [1.29, 1.82) is 0 Å². The molecule has 0 radical (unpaired) electrons. The van der Waals surface area contributed by atoms with Crippen molar-refractivity contribution >= 4 is 47.2 Å². The lowest BCUT2D eigenvalue weighted by molar-refractivity contribution is -0.117. The molecule has 4 N–H and O–H groups in total. The van der Waals surface area contributed by atoms with Crippen molar-refractivity contribution < 1.29 is 9.59 Å². The van der Waals surface area contributed by atoms with E-state index in [1.165, 1.54) is 6.92 Å². The summed E-state index contributed by atoms with van der Waals surface area (Å²) >= 11 is 5.91. The van der Waals surface area contributed by atoms with Crippen LogP contribution in [0.15, 0.2) is 18.2 Å². The topological polar surface area (TPSA) is 84.2 Å². The number of hydrogen-bond donors (Lipinski definition) is 3. The molecule has 0 aliphatic heterocycles. The average Bonchev–Trinajstić information content (AvgIpc) is 2.78. The van der Waals surface area contributed by atoms with Crippen molar-refractivity contribution in [1.82, 2.24) is 0 Å². The fraction of sp³-hybridized carbons (Fsp3) is 0.467. The molecule has 1 aliphatic carbocycles. The van der Waals surface area contributed by atoms with Crippen LogP contribution in [0.25, 0.3) is 0 Å². The van der Waals surface area contributed by atoms with Crippen LogP contribution in [0.5, 0.6) is 0 Å². The maximum atomic E-state index is 12.1. The zero-order valence-electron chi connectivity index (χ0n) is 12.4. The van der Waals surface area contributed by atoms with Gasteiger partial charge in [-0.05, 0) is 37.0 Å². The Morgan fingerprint density at radius 2 is 2.00 bits per heavy atom. The summed E-state index contributed by atoms with van der Waals surface area (Å²) in [5, 5.41) is 5.98. The van der Waals surface area contributed by atoms with E-state index in [0.717, 1.165) is 19.3 Å². The number of carbonyl (C=O) groups is 2. The smallest absolute Gasteiger partial charge is 0.224 e. The standard InChI is InChI=1S/C15H20ClN3O2.ClH/c1-9(20)18-14-8-11(16)5-6-13(14)19-15(21)7-10-3-2-4-12(10)17;/h5-6,8,10,12H,2-4,7,17H2,1H3,(H,18,20)(H,19,21);1H/t10-,12+;/m0./s1. The van der Waals surface area contributed by atoms with Crippen molar-refractivity contribution in [3.05, 3.63) is 23.2 Å². The van der Waals surface area contributed by atoms with Gasteiger partial charge < -0.3 is 16.4 Å². The Hall–Kier alpha value is -1.30. The lowest BCUT2D eigenvalue weighted by Crippen LogP contribution is -2.28. The third-order valence-electron chi connectivity index (χ3n) is 3.73. The largest absolute Gasteiger partial charge is 0.327 e. The van der Waals surface area contributed by atoms with E-state index < -0.39 is 0 Å². The van der Waals surface area contributed by atoms with E-state index in [4.69, 9.17) is 17.3 Å². The van der Waals surface area contributed by atoms with Gasteiger partial charge in [-0.2, -0.15) is 0 Å². The van der Waals surface area contributed by atoms with Gasteiger partial charge in [0, 0.05) is 24.4 Å². The molecule has 0 bridgehead atoms. The first-order chi connectivity index (χ1) is 9.95. The van der Waals surface area contributed by atoms with Gasteiger partial charge in [0.1, 0.15) is 0 Å². The summed E-state index contributed by atoms with van der Waals surface area (Å²) in [6.45, 7) is 1.41. The Morgan fingerprint density at radius 1 is 1.27 bits per heavy atom. The monoisotopic (exact) mass is 345 g/mol. The summed E-state index contributed by atoms with van der Waals surface area (Å²) in [6.07, 6.45) is 3.46. The molecule has 2 amide bonds. The van der Waals surface area contributed by atoms with E-state index in [1.807, 2.05) is 0 Å². The third-order valence-corrected chi connectivity index (χ3v) is 3.97.